The summed E-state index contributed by atoms with van der Waals surface area (Å²) >= 11 is 3.51. The SMILES string of the molecule is CCOC(=O)C1=C(C)N=c2s/c(=C/c3ccc(OCc4ccc5c(c4)OCO5)c(I)c3)c(=O)n2[C@@H]1c1ccccc1OC(C)C. The van der Waals surface area contributed by atoms with E-state index in [1.807, 2.05) is 80.6 Å². The number of esters is 1. The molecule has 0 unspecified atom stereocenters. The highest BCUT2D eigenvalue weighted by atomic mass is 127. The topological polar surface area (TPSA) is 97.6 Å². The number of hydrogen-bond donors (Lipinski definition) is 0. The van der Waals surface area contributed by atoms with Gasteiger partial charge in [-0.2, -0.15) is 0 Å². The van der Waals surface area contributed by atoms with Gasteiger partial charge in [-0.15, -0.1) is 0 Å². The fourth-order valence-electron chi connectivity index (χ4n) is 5.22. The summed E-state index contributed by atoms with van der Waals surface area (Å²) in [6.45, 7) is 8.19. The summed E-state index contributed by atoms with van der Waals surface area (Å²) in [6, 6.07) is 18.2. The van der Waals surface area contributed by atoms with Crippen LogP contribution >= 0.6 is 33.9 Å². The Labute approximate surface area is 277 Å². The smallest absolute Gasteiger partial charge is 0.338 e. The third-order valence-corrected chi connectivity index (χ3v) is 9.00. The molecule has 2 aliphatic rings. The van der Waals surface area contributed by atoms with Crippen LogP contribution in [0.1, 0.15) is 50.4 Å². The lowest BCUT2D eigenvalue weighted by Crippen LogP contribution is -2.40. The molecule has 0 bridgehead atoms. The number of fused-ring (bicyclic) bond motifs is 2. The van der Waals surface area contributed by atoms with Gasteiger partial charge in [0.1, 0.15) is 24.1 Å². The average Bonchev–Trinajstić information content (AvgIpc) is 3.59. The van der Waals surface area contributed by atoms with Crippen LogP contribution in [-0.4, -0.2) is 30.0 Å². The Morgan fingerprint density at radius 2 is 1.91 bits per heavy atom. The number of thiazole rings is 1. The van der Waals surface area contributed by atoms with Crippen molar-refractivity contribution in [2.45, 2.75) is 46.4 Å². The fraction of sp³-hybridized carbons (Fsp3) is 0.265. The molecule has 0 saturated carbocycles. The van der Waals surface area contributed by atoms with Gasteiger partial charge >= 0.3 is 5.97 Å². The minimum Gasteiger partial charge on any atom is -0.491 e. The first-order chi connectivity index (χ1) is 21.7. The number of para-hydroxylation sites is 1. The minimum atomic E-state index is -0.760. The number of aromatic nitrogens is 1. The largest absolute Gasteiger partial charge is 0.491 e. The molecule has 1 aromatic heterocycles. The molecule has 6 rings (SSSR count). The highest BCUT2D eigenvalue weighted by Gasteiger charge is 2.35. The molecule has 0 saturated heterocycles. The zero-order valence-electron chi connectivity index (χ0n) is 25.2. The van der Waals surface area contributed by atoms with Crippen LogP contribution in [0.4, 0.5) is 0 Å². The third kappa shape index (κ3) is 6.36. The van der Waals surface area contributed by atoms with E-state index in [0.29, 0.717) is 44.3 Å². The molecule has 45 heavy (non-hydrogen) atoms. The maximum absolute atomic E-state index is 14.1. The van der Waals surface area contributed by atoms with Crippen molar-refractivity contribution in [3.63, 3.8) is 0 Å². The van der Waals surface area contributed by atoms with E-state index >= 15 is 0 Å². The van der Waals surface area contributed by atoms with Crippen molar-refractivity contribution >= 4 is 46.0 Å². The second kappa shape index (κ2) is 13.1. The van der Waals surface area contributed by atoms with E-state index in [0.717, 1.165) is 26.2 Å². The maximum Gasteiger partial charge on any atom is 0.338 e. The summed E-state index contributed by atoms with van der Waals surface area (Å²) in [5.41, 5.74) is 3.05. The van der Waals surface area contributed by atoms with Gasteiger partial charge in [0.05, 0.1) is 32.1 Å². The molecule has 0 aliphatic carbocycles. The third-order valence-electron chi connectivity index (χ3n) is 7.18. The number of allylic oxidation sites excluding steroid dienone is 1. The summed E-state index contributed by atoms with van der Waals surface area (Å²) in [7, 11) is 0. The highest BCUT2D eigenvalue weighted by molar-refractivity contribution is 14.1. The van der Waals surface area contributed by atoms with Crippen molar-refractivity contribution in [2.24, 2.45) is 4.99 Å². The first-order valence-corrected chi connectivity index (χ1v) is 16.4. The second-order valence-electron chi connectivity index (χ2n) is 10.7. The summed E-state index contributed by atoms with van der Waals surface area (Å²) in [5, 5.41) is 0. The number of carbonyl (C=O) groups excluding carboxylic acids is 1. The number of rotatable bonds is 9. The molecule has 1 atom stereocenters. The maximum atomic E-state index is 14.1. The lowest BCUT2D eigenvalue weighted by Gasteiger charge is -2.26. The normalized spacial score (nSPS) is 15.6. The van der Waals surface area contributed by atoms with Crippen LogP contribution in [0.2, 0.25) is 0 Å². The molecule has 0 spiro atoms. The highest BCUT2D eigenvalue weighted by Crippen LogP contribution is 2.36. The molecule has 3 aromatic carbocycles. The second-order valence-corrected chi connectivity index (χ2v) is 12.8. The van der Waals surface area contributed by atoms with Gasteiger partial charge in [-0.05, 0) is 97.8 Å². The fourth-order valence-corrected chi connectivity index (χ4v) is 6.96. The molecular formula is C34H31IN2O7S. The predicted octanol–water partition coefficient (Wildman–Crippen LogP) is 5.50. The summed E-state index contributed by atoms with van der Waals surface area (Å²) in [4.78, 5) is 32.6. The zero-order valence-corrected chi connectivity index (χ0v) is 28.1. The Hall–Kier alpha value is -4.10. The van der Waals surface area contributed by atoms with Crippen LogP contribution in [0.5, 0.6) is 23.0 Å². The van der Waals surface area contributed by atoms with E-state index in [9.17, 15) is 9.59 Å². The van der Waals surface area contributed by atoms with Crippen LogP contribution < -0.4 is 33.8 Å². The molecule has 0 fully saturated rings. The van der Waals surface area contributed by atoms with Crippen LogP contribution in [0.3, 0.4) is 0 Å². The van der Waals surface area contributed by atoms with E-state index in [1.54, 1.807) is 18.4 Å². The van der Waals surface area contributed by atoms with Gasteiger partial charge in [-0.1, -0.05) is 41.7 Å². The molecule has 11 heteroatoms. The lowest BCUT2D eigenvalue weighted by atomic mass is 9.95. The minimum absolute atomic E-state index is 0.107. The Bertz CT molecular complexity index is 2000. The van der Waals surface area contributed by atoms with Crippen molar-refractivity contribution in [1.29, 1.82) is 0 Å². The average molecular weight is 739 g/mol. The quantitative estimate of drug-likeness (QED) is 0.165. The van der Waals surface area contributed by atoms with Gasteiger partial charge in [0, 0.05) is 5.56 Å². The molecule has 0 N–H and O–H groups in total. The standard InChI is InChI=1S/C34H31IN2O7S/c1-5-40-33(39)30-20(4)36-34-37(31(30)23-8-6-7-9-25(23)44-19(2)3)32(38)29(45-34)16-21-10-12-26(24(35)14-21)41-17-22-11-13-27-28(15-22)43-18-42-27/h6-16,19,31H,5,17-18H2,1-4H3/b29-16+/t31-/m1/s1. The predicted molar refractivity (Wildman–Crippen MR) is 179 cm³/mol. The Balaban J connectivity index is 1.35. The molecule has 232 valence electrons. The van der Waals surface area contributed by atoms with E-state index in [2.05, 4.69) is 27.6 Å². The summed E-state index contributed by atoms with van der Waals surface area (Å²) < 4.78 is 31.5. The number of carbonyl (C=O) groups is 1. The Morgan fingerprint density at radius 1 is 1.11 bits per heavy atom. The summed E-state index contributed by atoms with van der Waals surface area (Å²) in [6.07, 6.45) is 1.73. The molecular weight excluding hydrogens is 707 g/mol. The van der Waals surface area contributed by atoms with Crippen LogP contribution in [-0.2, 0) is 16.1 Å². The van der Waals surface area contributed by atoms with Crippen LogP contribution in [0.15, 0.2) is 81.7 Å². The van der Waals surface area contributed by atoms with E-state index in [4.69, 9.17) is 23.7 Å². The van der Waals surface area contributed by atoms with Crippen LogP contribution in [0, 0.1) is 3.57 Å². The molecule has 0 radical (unpaired) electrons. The van der Waals surface area contributed by atoms with Gasteiger partial charge in [0.2, 0.25) is 6.79 Å². The number of nitrogens with zero attached hydrogens (tertiary/aromatic N) is 2. The first-order valence-electron chi connectivity index (χ1n) is 14.5. The number of halogens is 1. The first kappa shape index (κ1) is 30.9. The van der Waals surface area contributed by atoms with Crippen molar-refractivity contribution < 1.29 is 28.5 Å². The van der Waals surface area contributed by atoms with Gasteiger partial charge < -0.3 is 23.7 Å². The van der Waals surface area contributed by atoms with E-state index in [1.165, 1.54) is 11.3 Å². The number of hydrogen-bond acceptors (Lipinski definition) is 9. The van der Waals surface area contributed by atoms with Crippen molar-refractivity contribution in [1.82, 2.24) is 4.57 Å². The number of ether oxygens (including phenoxy) is 5. The summed E-state index contributed by atoms with van der Waals surface area (Å²) in [5.74, 6) is 2.25. The molecule has 0 amide bonds. The van der Waals surface area contributed by atoms with E-state index < -0.39 is 12.0 Å². The van der Waals surface area contributed by atoms with Gasteiger partial charge in [0.15, 0.2) is 16.3 Å². The molecule has 3 heterocycles. The van der Waals surface area contributed by atoms with E-state index in [-0.39, 0.29) is 25.1 Å². The Kier molecular flexibility index (Phi) is 8.99. The van der Waals surface area contributed by atoms with Gasteiger partial charge in [-0.3, -0.25) is 9.36 Å². The zero-order chi connectivity index (χ0) is 31.7. The van der Waals surface area contributed by atoms with Gasteiger partial charge in [0.25, 0.3) is 5.56 Å². The van der Waals surface area contributed by atoms with Crippen molar-refractivity contribution in [3.05, 3.63) is 112 Å². The Morgan fingerprint density at radius 3 is 2.69 bits per heavy atom. The molecule has 2 aliphatic heterocycles. The monoisotopic (exact) mass is 738 g/mol. The van der Waals surface area contributed by atoms with Crippen molar-refractivity contribution in [2.75, 3.05) is 13.4 Å². The van der Waals surface area contributed by atoms with Crippen LogP contribution in [0.25, 0.3) is 6.08 Å². The molecule has 9 nitrogen and oxygen atoms in total. The van der Waals surface area contributed by atoms with Gasteiger partial charge in [-0.25, -0.2) is 9.79 Å². The number of benzene rings is 3. The van der Waals surface area contributed by atoms with Crippen molar-refractivity contribution in [3.8, 4) is 23.0 Å². The lowest BCUT2D eigenvalue weighted by molar-refractivity contribution is -0.139. The molecule has 4 aromatic rings.